The molecule has 2 aromatic carbocycles. The molecule has 0 aliphatic heterocycles. The summed E-state index contributed by atoms with van der Waals surface area (Å²) in [5.41, 5.74) is 0.783. The first-order chi connectivity index (χ1) is 12.7. The van der Waals surface area contributed by atoms with Gasteiger partial charge in [0.25, 0.3) is 11.8 Å². The molecule has 7 heteroatoms. The van der Waals surface area contributed by atoms with Crippen LogP contribution >= 0.6 is 38.9 Å². The molecule has 2 N–H and O–H groups in total. The van der Waals surface area contributed by atoms with E-state index in [1.165, 1.54) is 11.3 Å². The van der Waals surface area contributed by atoms with Crippen molar-refractivity contribution in [1.29, 1.82) is 0 Å². The molecule has 1 heterocycles. The van der Waals surface area contributed by atoms with Gasteiger partial charge in [-0.15, -0.1) is 11.3 Å². The van der Waals surface area contributed by atoms with Gasteiger partial charge < -0.3 is 10.6 Å². The number of halogens is 2. The van der Waals surface area contributed by atoms with Crippen LogP contribution in [0.5, 0.6) is 0 Å². The second-order valence-corrected chi connectivity index (χ2v) is 9.32. The number of carbonyl (C=O) groups is 2. The SMILES string of the molecule is CC(C)(C)NC(=O)c1sc2c(NC(=O)c3ccccc3Br)cccc2c1Cl. The summed E-state index contributed by atoms with van der Waals surface area (Å²) in [4.78, 5) is 25.6. The number of carbonyl (C=O) groups excluding carboxylic acids is 2. The summed E-state index contributed by atoms with van der Waals surface area (Å²) in [5, 5.41) is 6.98. The minimum Gasteiger partial charge on any atom is -0.347 e. The lowest BCUT2D eigenvalue weighted by molar-refractivity contribution is 0.0923. The number of hydrogen-bond donors (Lipinski definition) is 2. The zero-order chi connectivity index (χ0) is 19.8. The first kappa shape index (κ1) is 19.9. The van der Waals surface area contributed by atoms with Crippen molar-refractivity contribution in [2.24, 2.45) is 0 Å². The van der Waals surface area contributed by atoms with Gasteiger partial charge in [0.15, 0.2) is 0 Å². The summed E-state index contributed by atoms with van der Waals surface area (Å²) >= 11 is 11.1. The fourth-order valence-electron chi connectivity index (χ4n) is 2.57. The Morgan fingerprint density at radius 2 is 1.74 bits per heavy atom. The van der Waals surface area contributed by atoms with Gasteiger partial charge >= 0.3 is 0 Å². The predicted molar refractivity (Wildman–Crippen MR) is 116 cm³/mol. The van der Waals surface area contributed by atoms with Crippen molar-refractivity contribution in [2.45, 2.75) is 26.3 Å². The number of thiophene rings is 1. The lowest BCUT2D eigenvalue weighted by Crippen LogP contribution is -2.40. The molecule has 3 rings (SSSR count). The Labute approximate surface area is 175 Å². The maximum Gasteiger partial charge on any atom is 0.263 e. The van der Waals surface area contributed by atoms with E-state index in [0.29, 0.717) is 25.6 Å². The zero-order valence-electron chi connectivity index (χ0n) is 15.0. The van der Waals surface area contributed by atoms with E-state index in [9.17, 15) is 9.59 Å². The Balaban J connectivity index is 1.98. The van der Waals surface area contributed by atoms with Crippen LogP contribution in [0.2, 0.25) is 5.02 Å². The predicted octanol–water partition coefficient (Wildman–Crippen LogP) is 6.10. The van der Waals surface area contributed by atoms with Gasteiger partial charge in [-0.1, -0.05) is 35.9 Å². The molecule has 27 heavy (non-hydrogen) atoms. The summed E-state index contributed by atoms with van der Waals surface area (Å²) in [6.07, 6.45) is 0. The molecule has 0 unspecified atom stereocenters. The molecule has 4 nitrogen and oxygen atoms in total. The van der Waals surface area contributed by atoms with Crippen LogP contribution in [0.25, 0.3) is 10.1 Å². The van der Waals surface area contributed by atoms with Gasteiger partial charge in [-0.25, -0.2) is 0 Å². The third kappa shape index (κ3) is 4.34. The van der Waals surface area contributed by atoms with Crippen LogP contribution < -0.4 is 10.6 Å². The number of fused-ring (bicyclic) bond motifs is 1. The molecule has 1 aromatic heterocycles. The third-order valence-electron chi connectivity index (χ3n) is 3.72. The van der Waals surface area contributed by atoms with E-state index in [1.807, 2.05) is 45.0 Å². The Bertz CT molecular complexity index is 1040. The van der Waals surface area contributed by atoms with Crippen molar-refractivity contribution in [2.75, 3.05) is 5.32 Å². The summed E-state index contributed by atoms with van der Waals surface area (Å²) in [6.45, 7) is 5.74. The first-order valence-electron chi connectivity index (χ1n) is 8.27. The second kappa shape index (κ2) is 7.62. The maximum absolute atomic E-state index is 12.6. The molecule has 0 atom stereocenters. The molecule has 2 amide bonds. The molecular formula is C20H18BrClN2O2S. The molecule has 0 saturated carbocycles. The van der Waals surface area contributed by atoms with Crippen LogP contribution in [-0.4, -0.2) is 17.4 Å². The van der Waals surface area contributed by atoms with Gasteiger partial charge in [-0.3, -0.25) is 9.59 Å². The minimum atomic E-state index is -0.368. The number of benzene rings is 2. The number of amides is 2. The number of anilines is 1. The van der Waals surface area contributed by atoms with Crippen LogP contribution in [0, 0.1) is 0 Å². The van der Waals surface area contributed by atoms with Crippen molar-refractivity contribution in [1.82, 2.24) is 5.32 Å². The Hall–Kier alpha value is -1.89. The van der Waals surface area contributed by atoms with E-state index in [1.54, 1.807) is 18.2 Å². The number of hydrogen-bond acceptors (Lipinski definition) is 3. The van der Waals surface area contributed by atoms with E-state index in [2.05, 4.69) is 26.6 Å². The molecule has 0 saturated heterocycles. The van der Waals surface area contributed by atoms with E-state index >= 15 is 0 Å². The lowest BCUT2D eigenvalue weighted by Gasteiger charge is -2.19. The molecule has 0 aliphatic carbocycles. The minimum absolute atomic E-state index is 0.225. The van der Waals surface area contributed by atoms with Crippen molar-refractivity contribution in [3.63, 3.8) is 0 Å². The smallest absolute Gasteiger partial charge is 0.263 e. The topological polar surface area (TPSA) is 58.2 Å². The lowest BCUT2D eigenvalue weighted by atomic mass is 10.1. The normalized spacial score (nSPS) is 11.4. The highest BCUT2D eigenvalue weighted by Crippen LogP contribution is 2.39. The second-order valence-electron chi connectivity index (χ2n) is 7.07. The van der Waals surface area contributed by atoms with Gasteiger partial charge in [-0.05, 0) is 54.9 Å². The summed E-state index contributed by atoms with van der Waals surface area (Å²) in [5.74, 6) is -0.461. The molecule has 0 radical (unpaired) electrons. The van der Waals surface area contributed by atoms with Crippen LogP contribution in [0.4, 0.5) is 5.69 Å². The molecule has 0 bridgehead atoms. The number of rotatable bonds is 3. The fraction of sp³-hybridized carbons (Fsp3) is 0.200. The van der Waals surface area contributed by atoms with Gasteiger partial charge in [0.1, 0.15) is 4.88 Å². The van der Waals surface area contributed by atoms with Crippen LogP contribution in [0.3, 0.4) is 0 Å². The van der Waals surface area contributed by atoms with E-state index < -0.39 is 0 Å². The van der Waals surface area contributed by atoms with E-state index in [-0.39, 0.29) is 17.4 Å². The zero-order valence-corrected chi connectivity index (χ0v) is 18.2. The highest BCUT2D eigenvalue weighted by molar-refractivity contribution is 9.10. The van der Waals surface area contributed by atoms with Gasteiger partial charge in [-0.2, -0.15) is 0 Å². The van der Waals surface area contributed by atoms with Crippen molar-refractivity contribution >= 4 is 66.5 Å². The number of nitrogens with one attached hydrogen (secondary N) is 2. The van der Waals surface area contributed by atoms with Crippen LogP contribution in [-0.2, 0) is 0 Å². The standard InChI is InChI=1S/C20H18BrClN2O2S/c1-20(2,3)24-19(26)17-15(22)12-8-6-10-14(16(12)27-17)23-18(25)11-7-4-5-9-13(11)21/h4-10H,1-3H3,(H,23,25)(H,24,26). The molecule has 0 spiro atoms. The summed E-state index contributed by atoms with van der Waals surface area (Å²) in [7, 11) is 0. The highest BCUT2D eigenvalue weighted by atomic mass is 79.9. The van der Waals surface area contributed by atoms with Gasteiger partial charge in [0, 0.05) is 15.4 Å². The molecular weight excluding hydrogens is 448 g/mol. The Morgan fingerprint density at radius 3 is 2.41 bits per heavy atom. The molecule has 0 aliphatic rings. The third-order valence-corrected chi connectivity index (χ3v) is 6.15. The average molecular weight is 466 g/mol. The Morgan fingerprint density at radius 1 is 1.04 bits per heavy atom. The molecule has 3 aromatic rings. The monoisotopic (exact) mass is 464 g/mol. The van der Waals surface area contributed by atoms with Crippen LogP contribution in [0.1, 0.15) is 40.8 Å². The quantitative estimate of drug-likeness (QED) is 0.491. The fourth-order valence-corrected chi connectivity index (χ4v) is 4.50. The van der Waals surface area contributed by atoms with Gasteiger partial charge in [0.05, 0.1) is 21.0 Å². The Kier molecular flexibility index (Phi) is 5.60. The van der Waals surface area contributed by atoms with Crippen molar-refractivity contribution in [3.8, 4) is 0 Å². The first-order valence-corrected chi connectivity index (χ1v) is 10.3. The summed E-state index contributed by atoms with van der Waals surface area (Å²) < 4.78 is 1.48. The van der Waals surface area contributed by atoms with Gasteiger partial charge in [0.2, 0.25) is 0 Å². The average Bonchev–Trinajstić information content (AvgIpc) is 2.92. The molecule has 140 valence electrons. The van der Waals surface area contributed by atoms with E-state index in [4.69, 9.17) is 11.6 Å². The van der Waals surface area contributed by atoms with Crippen LogP contribution in [0.15, 0.2) is 46.9 Å². The van der Waals surface area contributed by atoms with Crippen molar-refractivity contribution in [3.05, 3.63) is 62.4 Å². The van der Waals surface area contributed by atoms with Crippen molar-refractivity contribution < 1.29 is 9.59 Å². The maximum atomic E-state index is 12.6. The molecule has 0 fully saturated rings. The van der Waals surface area contributed by atoms with E-state index in [0.717, 1.165) is 10.1 Å². The summed E-state index contributed by atoms with van der Waals surface area (Å²) in [6, 6.07) is 12.7. The highest BCUT2D eigenvalue weighted by Gasteiger charge is 2.23. The largest absolute Gasteiger partial charge is 0.347 e.